The fraction of sp³-hybridized carbons (Fsp3) is 0.0625. The van der Waals surface area contributed by atoms with E-state index in [2.05, 4.69) is 32.9 Å². The SMILES string of the molecule is Cc1cc(I)ccc1Nc1c(C(=O)O)cc2nc(C(N)=O)sc2c1F. The van der Waals surface area contributed by atoms with Gasteiger partial charge in [-0.2, -0.15) is 0 Å². The lowest BCUT2D eigenvalue weighted by Gasteiger charge is -2.13. The van der Waals surface area contributed by atoms with Gasteiger partial charge >= 0.3 is 5.97 Å². The highest BCUT2D eigenvalue weighted by atomic mass is 127. The zero-order valence-corrected chi connectivity index (χ0v) is 15.7. The highest BCUT2D eigenvalue weighted by Crippen LogP contribution is 2.35. The van der Waals surface area contributed by atoms with Crippen molar-refractivity contribution in [2.45, 2.75) is 6.92 Å². The van der Waals surface area contributed by atoms with Crippen molar-refractivity contribution in [2.75, 3.05) is 5.32 Å². The lowest BCUT2D eigenvalue weighted by molar-refractivity contribution is 0.0697. The van der Waals surface area contributed by atoms with Crippen LogP contribution in [0.4, 0.5) is 15.8 Å². The number of thiazole rings is 1. The number of nitrogens with zero attached hydrogens (tertiary/aromatic N) is 1. The summed E-state index contributed by atoms with van der Waals surface area (Å²) in [5, 5.41) is 12.2. The van der Waals surface area contributed by atoms with Gasteiger partial charge in [0.1, 0.15) is 0 Å². The smallest absolute Gasteiger partial charge is 0.338 e. The molecule has 128 valence electrons. The molecule has 2 aromatic carbocycles. The van der Waals surface area contributed by atoms with Crippen molar-refractivity contribution < 1.29 is 19.1 Å². The molecule has 3 aromatic rings. The number of hydrogen-bond acceptors (Lipinski definition) is 5. The first-order valence-electron chi connectivity index (χ1n) is 6.97. The number of nitrogens with two attached hydrogens (primary N) is 1. The Labute approximate surface area is 159 Å². The summed E-state index contributed by atoms with van der Waals surface area (Å²) >= 11 is 2.94. The summed E-state index contributed by atoms with van der Waals surface area (Å²) in [5.41, 5.74) is 6.23. The number of rotatable bonds is 4. The minimum absolute atomic E-state index is 0.0736. The molecule has 9 heteroatoms. The van der Waals surface area contributed by atoms with Gasteiger partial charge < -0.3 is 16.2 Å². The third-order valence-corrected chi connectivity index (χ3v) is 5.26. The Balaban J connectivity index is 2.21. The number of benzene rings is 2. The van der Waals surface area contributed by atoms with Crippen LogP contribution in [0.1, 0.15) is 25.7 Å². The Bertz CT molecular complexity index is 1040. The second-order valence-corrected chi connectivity index (χ2v) is 7.48. The van der Waals surface area contributed by atoms with E-state index in [1.165, 1.54) is 6.07 Å². The maximum Gasteiger partial charge on any atom is 0.338 e. The van der Waals surface area contributed by atoms with E-state index in [4.69, 9.17) is 5.73 Å². The van der Waals surface area contributed by atoms with Crippen LogP contribution in [0.15, 0.2) is 24.3 Å². The molecule has 3 rings (SSSR count). The number of amides is 1. The summed E-state index contributed by atoms with van der Waals surface area (Å²) in [6.07, 6.45) is 0. The molecular weight excluding hydrogens is 460 g/mol. The Kier molecular flexibility index (Phi) is 4.60. The van der Waals surface area contributed by atoms with Gasteiger partial charge in [-0.25, -0.2) is 14.2 Å². The number of carbonyl (C=O) groups excluding carboxylic acids is 1. The maximum absolute atomic E-state index is 15.0. The van der Waals surface area contributed by atoms with E-state index in [0.29, 0.717) is 5.69 Å². The van der Waals surface area contributed by atoms with Gasteiger partial charge in [-0.1, -0.05) is 0 Å². The van der Waals surface area contributed by atoms with Crippen molar-refractivity contribution in [1.29, 1.82) is 0 Å². The molecule has 0 aliphatic rings. The highest BCUT2D eigenvalue weighted by Gasteiger charge is 2.22. The highest BCUT2D eigenvalue weighted by molar-refractivity contribution is 14.1. The average molecular weight is 471 g/mol. The minimum Gasteiger partial charge on any atom is -0.478 e. The van der Waals surface area contributed by atoms with Crippen molar-refractivity contribution in [1.82, 2.24) is 4.98 Å². The second-order valence-electron chi connectivity index (χ2n) is 5.23. The lowest BCUT2D eigenvalue weighted by Crippen LogP contribution is -2.09. The van der Waals surface area contributed by atoms with Crippen molar-refractivity contribution in [3.05, 3.63) is 49.8 Å². The van der Waals surface area contributed by atoms with Crippen molar-refractivity contribution >= 4 is 67.4 Å². The third kappa shape index (κ3) is 3.29. The molecule has 0 saturated heterocycles. The van der Waals surface area contributed by atoms with Gasteiger partial charge in [0.05, 0.1) is 21.5 Å². The molecule has 0 radical (unpaired) electrons. The third-order valence-electron chi connectivity index (χ3n) is 3.51. The summed E-state index contributed by atoms with van der Waals surface area (Å²) in [6.45, 7) is 1.83. The van der Waals surface area contributed by atoms with Crippen molar-refractivity contribution in [3.63, 3.8) is 0 Å². The molecule has 0 unspecified atom stereocenters. The molecule has 0 bridgehead atoms. The Morgan fingerprint density at radius 3 is 2.68 bits per heavy atom. The normalized spacial score (nSPS) is 10.8. The molecule has 1 amide bonds. The first-order chi connectivity index (χ1) is 11.8. The van der Waals surface area contributed by atoms with Gasteiger partial charge in [-0.15, -0.1) is 11.3 Å². The summed E-state index contributed by atoms with van der Waals surface area (Å²) in [5.74, 6) is -2.88. The fourth-order valence-corrected chi connectivity index (χ4v) is 3.81. The van der Waals surface area contributed by atoms with Gasteiger partial charge in [0.25, 0.3) is 5.91 Å². The number of nitrogens with one attached hydrogen (secondary N) is 1. The van der Waals surface area contributed by atoms with Crippen LogP contribution in [0, 0.1) is 16.3 Å². The maximum atomic E-state index is 15.0. The topological polar surface area (TPSA) is 105 Å². The van der Waals surface area contributed by atoms with Crippen molar-refractivity contribution in [2.24, 2.45) is 5.73 Å². The predicted molar refractivity (Wildman–Crippen MR) is 102 cm³/mol. The number of aromatic carboxylic acids is 1. The number of aryl methyl sites for hydroxylation is 1. The molecule has 0 fully saturated rings. The molecular formula is C16H11FIN3O3S. The summed E-state index contributed by atoms with van der Waals surface area (Å²) in [4.78, 5) is 26.7. The number of hydrogen-bond donors (Lipinski definition) is 3. The molecule has 0 aliphatic carbocycles. The van der Waals surface area contributed by atoms with Gasteiger partial charge in [-0.3, -0.25) is 4.79 Å². The predicted octanol–water partition coefficient (Wildman–Crippen LogP) is 3.89. The van der Waals surface area contributed by atoms with Crippen LogP contribution in [0.3, 0.4) is 0 Å². The number of anilines is 2. The molecule has 0 spiro atoms. The van der Waals surface area contributed by atoms with E-state index in [-0.39, 0.29) is 26.5 Å². The summed E-state index contributed by atoms with van der Waals surface area (Å²) in [6, 6.07) is 6.68. The summed E-state index contributed by atoms with van der Waals surface area (Å²) < 4.78 is 16.0. The molecule has 0 aliphatic heterocycles. The molecule has 0 atom stereocenters. The monoisotopic (exact) mass is 471 g/mol. The van der Waals surface area contributed by atoms with Gasteiger partial charge in [0.15, 0.2) is 10.8 Å². The van der Waals surface area contributed by atoms with E-state index < -0.39 is 17.7 Å². The van der Waals surface area contributed by atoms with E-state index in [1.54, 1.807) is 6.07 Å². The van der Waals surface area contributed by atoms with Crippen LogP contribution in [-0.4, -0.2) is 22.0 Å². The largest absolute Gasteiger partial charge is 0.478 e. The fourth-order valence-electron chi connectivity index (χ4n) is 2.33. The lowest BCUT2D eigenvalue weighted by atomic mass is 10.1. The van der Waals surface area contributed by atoms with Gasteiger partial charge in [0, 0.05) is 9.26 Å². The molecule has 1 aromatic heterocycles. The minimum atomic E-state index is -1.31. The standard InChI is InChI=1S/C16H11FIN3O3S/c1-6-4-7(18)2-3-9(6)20-12-8(16(23)24)5-10-13(11(12)17)25-15(21-10)14(19)22/h2-5,20H,1H3,(H2,19,22)(H,23,24). The van der Waals surface area contributed by atoms with E-state index in [1.807, 2.05) is 19.1 Å². The number of carboxylic acids is 1. The van der Waals surface area contributed by atoms with Crippen LogP contribution in [-0.2, 0) is 0 Å². The summed E-state index contributed by atoms with van der Waals surface area (Å²) in [7, 11) is 0. The van der Waals surface area contributed by atoms with E-state index in [0.717, 1.165) is 20.5 Å². The number of primary amides is 1. The average Bonchev–Trinajstić information content (AvgIpc) is 2.96. The Morgan fingerprint density at radius 2 is 2.08 bits per heavy atom. The van der Waals surface area contributed by atoms with Crippen LogP contribution < -0.4 is 11.1 Å². The van der Waals surface area contributed by atoms with E-state index in [9.17, 15) is 19.1 Å². The number of aromatic nitrogens is 1. The quantitative estimate of drug-likeness (QED) is 0.501. The Morgan fingerprint density at radius 1 is 1.36 bits per heavy atom. The molecule has 4 N–H and O–H groups in total. The van der Waals surface area contributed by atoms with Crippen LogP contribution in [0.2, 0.25) is 0 Å². The van der Waals surface area contributed by atoms with Crippen LogP contribution >= 0.6 is 33.9 Å². The number of halogens is 2. The number of carbonyl (C=O) groups is 2. The van der Waals surface area contributed by atoms with Gasteiger partial charge in [0.2, 0.25) is 0 Å². The molecule has 1 heterocycles. The molecule has 6 nitrogen and oxygen atoms in total. The Hall–Kier alpha value is -2.27. The zero-order chi connectivity index (χ0) is 18.3. The second kappa shape index (κ2) is 6.56. The van der Waals surface area contributed by atoms with E-state index >= 15 is 0 Å². The zero-order valence-electron chi connectivity index (χ0n) is 12.8. The van der Waals surface area contributed by atoms with Crippen LogP contribution in [0.25, 0.3) is 10.2 Å². The number of fused-ring (bicyclic) bond motifs is 1. The van der Waals surface area contributed by atoms with Crippen LogP contribution in [0.5, 0.6) is 0 Å². The molecule has 0 saturated carbocycles. The first kappa shape index (κ1) is 17.5. The van der Waals surface area contributed by atoms with Crippen molar-refractivity contribution in [3.8, 4) is 0 Å². The number of carboxylic acid groups (broad SMARTS) is 1. The first-order valence-corrected chi connectivity index (χ1v) is 8.86. The molecule has 25 heavy (non-hydrogen) atoms. The van der Waals surface area contributed by atoms with Gasteiger partial charge in [-0.05, 0) is 59.3 Å².